The fourth-order valence-corrected chi connectivity index (χ4v) is 2.79. The first kappa shape index (κ1) is 9.89. The number of nitrogen functional groups attached to an aromatic ring is 1. The lowest BCUT2D eigenvalue weighted by Crippen LogP contribution is -2.08. The number of aromatic nitrogens is 1. The van der Waals surface area contributed by atoms with Gasteiger partial charge in [-0.05, 0) is 39.5 Å². The number of rotatable bonds is 1. The van der Waals surface area contributed by atoms with Gasteiger partial charge in [-0.1, -0.05) is 15.9 Å². The van der Waals surface area contributed by atoms with E-state index < -0.39 is 0 Å². The maximum atomic E-state index is 5.38. The lowest BCUT2D eigenvalue weighted by molar-refractivity contribution is 1.25. The zero-order valence-corrected chi connectivity index (χ0v) is 10.3. The summed E-state index contributed by atoms with van der Waals surface area (Å²) in [4.78, 5) is 4.13. The number of nitrogens with one attached hydrogen (secondary N) is 1. The van der Waals surface area contributed by atoms with Crippen molar-refractivity contribution in [2.75, 3.05) is 5.43 Å². The van der Waals surface area contributed by atoms with Gasteiger partial charge in [-0.2, -0.15) is 0 Å². The Hall–Kier alpha value is -0.650. The van der Waals surface area contributed by atoms with Crippen LogP contribution in [0, 0.1) is 0 Å². The van der Waals surface area contributed by atoms with Crippen LogP contribution in [0.25, 0.3) is 10.8 Å². The number of hydrogen-bond acceptors (Lipinski definition) is 3. The molecule has 2 rings (SSSR count). The molecule has 0 atom stereocenters. The van der Waals surface area contributed by atoms with E-state index in [2.05, 4.69) is 42.3 Å². The van der Waals surface area contributed by atoms with Crippen molar-refractivity contribution in [3.63, 3.8) is 0 Å². The van der Waals surface area contributed by atoms with Crippen molar-refractivity contribution in [2.45, 2.75) is 0 Å². The normalized spacial score (nSPS) is 10.5. The highest BCUT2D eigenvalue weighted by Crippen LogP contribution is 2.31. The van der Waals surface area contributed by atoms with E-state index in [0.717, 1.165) is 19.7 Å². The van der Waals surface area contributed by atoms with Gasteiger partial charge in [-0.15, -0.1) is 0 Å². The van der Waals surface area contributed by atoms with Crippen molar-refractivity contribution < 1.29 is 0 Å². The van der Waals surface area contributed by atoms with Crippen molar-refractivity contribution in [3.8, 4) is 0 Å². The molecule has 1 aromatic heterocycles. The summed E-state index contributed by atoms with van der Waals surface area (Å²) >= 11 is 6.90. The van der Waals surface area contributed by atoms with E-state index >= 15 is 0 Å². The molecular formula is C9H7Br2N3. The summed E-state index contributed by atoms with van der Waals surface area (Å²) in [5.74, 6) is 6.05. The maximum absolute atomic E-state index is 5.38. The molecule has 1 aromatic carbocycles. The molecule has 0 saturated heterocycles. The molecule has 0 fully saturated rings. The summed E-state index contributed by atoms with van der Waals surface area (Å²) in [6.07, 6.45) is 1.72. The van der Waals surface area contributed by atoms with Crippen LogP contribution >= 0.6 is 31.9 Å². The number of pyridine rings is 1. The summed E-state index contributed by atoms with van der Waals surface area (Å²) in [7, 11) is 0. The van der Waals surface area contributed by atoms with Crippen LogP contribution in [0.3, 0.4) is 0 Å². The molecule has 2 aromatic rings. The Labute approximate surface area is 97.9 Å². The summed E-state index contributed by atoms with van der Waals surface area (Å²) in [5.41, 5.74) is 2.57. The first-order valence-corrected chi connectivity index (χ1v) is 5.51. The first-order valence-electron chi connectivity index (χ1n) is 3.93. The summed E-state index contributed by atoms with van der Waals surface area (Å²) in [6, 6.07) is 5.92. The first-order chi connectivity index (χ1) is 6.72. The summed E-state index contributed by atoms with van der Waals surface area (Å²) in [5, 5.41) is 2.06. The van der Waals surface area contributed by atoms with Gasteiger partial charge in [0.2, 0.25) is 0 Å². The lowest BCUT2D eigenvalue weighted by Gasteiger charge is -2.06. The number of fused-ring (bicyclic) bond motifs is 1. The average Bonchev–Trinajstić information content (AvgIpc) is 2.16. The molecule has 5 heteroatoms. The number of halogens is 2. The molecular weight excluding hydrogens is 310 g/mol. The van der Waals surface area contributed by atoms with Crippen LogP contribution in [-0.4, -0.2) is 4.98 Å². The van der Waals surface area contributed by atoms with Crippen molar-refractivity contribution >= 4 is 48.5 Å². The number of anilines is 1. The van der Waals surface area contributed by atoms with E-state index in [0.29, 0.717) is 5.82 Å². The van der Waals surface area contributed by atoms with Gasteiger partial charge in [0.15, 0.2) is 0 Å². The zero-order chi connectivity index (χ0) is 10.1. The van der Waals surface area contributed by atoms with Crippen LogP contribution < -0.4 is 11.3 Å². The van der Waals surface area contributed by atoms with E-state index in [4.69, 9.17) is 5.84 Å². The van der Waals surface area contributed by atoms with Crippen molar-refractivity contribution in [3.05, 3.63) is 33.3 Å². The summed E-state index contributed by atoms with van der Waals surface area (Å²) < 4.78 is 1.98. The largest absolute Gasteiger partial charge is 0.308 e. The van der Waals surface area contributed by atoms with E-state index in [9.17, 15) is 0 Å². The number of nitrogens with zero attached hydrogens (tertiary/aromatic N) is 1. The highest BCUT2D eigenvalue weighted by atomic mass is 79.9. The molecule has 0 aliphatic rings. The highest BCUT2D eigenvalue weighted by Gasteiger charge is 2.05. The molecule has 0 aliphatic heterocycles. The highest BCUT2D eigenvalue weighted by molar-refractivity contribution is 9.11. The van der Waals surface area contributed by atoms with Crippen molar-refractivity contribution in [1.82, 2.24) is 4.98 Å². The number of nitrogens with two attached hydrogens (primary N) is 1. The Morgan fingerprint density at radius 1 is 1.29 bits per heavy atom. The van der Waals surface area contributed by atoms with E-state index in [-0.39, 0.29) is 0 Å². The van der Waals surface area contributed by atoms with Gasteiger partial charge in [0.1, 0.15) is 5.82 Å². The van der Waals surface area contributed by atoms with Gasteiger partial charge >= 0.3 is 0 Å². The van der Waals surface area contributed by atoms with Gasteiger partial charge in [-0.25, -0.2) is 10.8 Å². The van der Waals surface area contributed by atoms with Crippen LogP contribution in [-0.2, 0) is 0 Å². The predicted octanol–water partition coefficient (Wildman–Crippen LogP) is 3.05. The predicted molar refractivity (Wildman–Crippen MR) is 65.0 cm³/mol. The minimum Gasteiger partial charge on any atom is -0.308 e. The molecule has 0 saturated carbocycles. The molecule has 0 bridgehead atoms. The average molecular weight is 317 g/mol. The molecule has 1 heterocycles. The lowest BCUT2D eigenvalue weighted by atomic mass is 10.2. The second-order valence-corrected chi connectivity index (χ2v) is 4.56. The van der Waals surface area contributed by atoms with E-state index in [1.54, 1.807) is 6.20 Å². The Kier molecular flexibility index (Phi) is 2.71. The molecule has 0 unspecified atom stereocenters. The SMILES string of the molecule is NNc1nccc2cc(Br)cc(Br)c12. The van der Waals surface area contributed by atoms with E-state index in [1.807, 2.05) is 18.2 Å². The zero-order valence-electron chi connectivity index (χ0n) is 7.09. The Morgan fingerprint density at radius 3 is 2.79 bits per heavy atom. The van der Waals surface area contributed by atoms with Gasteiger partial charge < -0.3 is 5.43 Å². The standard InChI is InChI=1S/C9H7Br2N3/c10-6-3-5-1-2-13-9(14-12)8(5)7(11)4-6/h1-4H,12H2,(H,13,14). The molecule has 0 amide bonds. The van der Waals surface area contributed by atoms with Crippen LogP contribution in [0.1, 0.15) is 0 Å². The molecule has 3 nitrogen and oxygen atoms in total. The van der Waals surface area contributed by atoms with Crippen molar-refractivity contribution in [2.24, 2.45) is 5.84 Å². The Morgan fingerprint density at radius 2 is 2.07 bits per heavy atom. The second-order valence-electron chi connectivity index (χ2n) is 2.79. The molecule has 3 N–H and O–H groups in total. The number of hydrogen-bond donors (Lipinski definition) is 2. The van der Waals surface area contributed by atoms with Gasteiger partial charge in [0, 0.05) is 20.5 Å². The van der Waals surface area contributed by atoms with Gasteiger partial charge in [0.05, 0.1) is 0 Å². The molecule has 0 aliphatic carbocycles. The third kappa shape index (κ3) is 1.63. The number of benzene rings is 1. The van der Waals surface area contributed by atoms with Crippen LogP contribution in [0.4, 0.5) is 5.82 Å². The van der Waals surface area contributed by atoms with Crippen LogP contribution in [0.5, 0.6) is 0 Å². The van der Waals surface area contributed by atoms with Crippen LogP contribution in [0.2, 0.25) is 0 Å². The summed E-state index contributed by atoms with van der Waals surface area (Å²) in [6.45, 7) is 0. The van der Waals surface area contributed by atoms with E-state index in [1.165, 1.54) is 0 Å². The van der Waals surface area contributed by atoms with Crippen LogP contribution in [0.15, 0.2) is 33.3 Å². The molecule has 72 valence electrons. The topological polar surface area (TPSA) is 50.9 Å². The minimum absolute atomic E-state index is 0.668. The fraction of sp³-hybridized carbons (Fsp3) is 0. The quantitative estimate of drug-likeness (QED) is 0.628. The van der Waals surface area contributed by atoms with Crippen molar-refractivity contribution in [1.29, 1.82) is 0 Å². The second kappa shape index (κ2) is 3.84. The number of hydrazine groups is 1. The molecule has 14 heavy (non-hydrogen) atoms. The monoisotopic (exact) mass is 315 g/mol. The fourth-order valence-electron chi connectivity index (χ4n) is 1.34. The minimum atomic E-state index is 0.668. The Balaban J connectivity index is 2.87. The third-order valence-corrected chi connectivity index (χ3v) is 3.00. The Bertz CT molecular complexity index is 485. The molecule has 0 radical (unpaired) electrons. The molecule has 0 spiro atoms. The van der Waals surface area contributed by atoms with Gasteiger partial charge in [0.25, 0.3) is 0 Å². The van der Waals surface area contributed by atoms with Gasteiger partial charge in [-0.3, -0.25) is 0 Å². The maximum Gasteiger partial charge on any atom is 0.148 e. The smallest absolute Gasteiger partial charge is 0.148 e. The third-order valence-electron chi connectivity index (χ3n) is 1.92.